The summed E-state index contributed by atoms with van der Waals surface area (Å²) in [5, 5.41) is 9.83. The fourth-order valence-electron chi connectivity index (χ4n) is 1.70. The van der Waals surface area contributed by atoms with Gasteiger partial charge in [0.1, 0.15) is 0 Å². The molecule has 2 aromatic rings. The molecule has 1 heterocycles. The van der Waals surface area contributed by atoms with Crippen LogP contribution in [0, 0.1) is 0 Å². The summed E-state index contributed by atoms with van der Waals surface area (Å²) in [6.07, 6.45) is 2.41. The number of hydrogen-bond donors (Lipinski definition) is 2. The van der Waals surface area contributed by atoms with Gasteiger partial charge in [0.15, 0.2) is 0 Å². The molecule has 1 aromatic carbocycles. The molecule has 0 bridgehead atoms. The minimum atomic E-state index is -3.59. The van der Waals surface area contributed by atoms with Crippen molar-refractivity contribution in [1.82, 2.24) is 4.72 Å². The minimum absolute atomic E-state index is 0.135. The van der Waals surface area contributed by atoms with Crippen LogP contribution in [-0.4, -0.2) is 20.1 Å². The molecule has 0 saturated heterocycles. The molecule has 0 amide bonds. The van der Waals surface area contributed by atoms with Crippen LogP contribution >= 0.6 is 15.9 Å². The first-order chi connectivity index (χ1) is 9.50. The number of aliphatic hydroxyl groups excluding tert-OH is 1. The monoisotopic (exact) mass is 359 g/mol. The van der Waals surface area contributed by atoms with Gasteiger partial charge >= 0.3 is 0 Å². The van der Waals surface area contributed by atoms with Crippen LogP contribution in [0.3, 0.4) is 0 Å². The summed E-state index contributed by atoms with van der Waals surface area (Å²) in [6.45, 7) is 0.135. The van der Waals surface area contributed by atoms with Gasteiger partial charge in [-0.25, -0.2) is 13.1 Å². The van der Waals surface area contributed by atoms with Gasteiger partial charge in [-0.15, -0.1) is 0 Å². The predicted octanol–water partition coefficient (Wildman–Crippen LogP) is 2.44. The van der Waals surface area contributed by atoms with E-state index >= 15 is 0 Å². The van der Waals surface area contributed by atoms with Gasteiger partial charge in [-0.05, 0) is 40.5 Å². The second-order valence-corrected chi connectivity index (χ2v) is 6.78. The molecule has 0 spiro atoms. The minimum Gasteiger partial charge on any atom is -0.472 e. The van der Waals surface area contributed by atoms with E-state index in [0.29, 0.717) is 10.0 Å². The van der Waals surface area contributed by atoms with Gasteiger partial charge in [-0.1, -0.05) is 12.1 Å². The number of furan rings is 1. The first kappa shape index (κ1) is 15.2. The lowest BCUT2D eigenvalue weighted by atomic mass is 10.1. The van der Waals surface area contributed by atoms with Crippen molar-refractivity contribution in [3.8, 4) is 0 Å². The van der Waals surface area contributed by atoms with Crippen molar-refractivity contribution >= 4 is 26.0 Å². The van der Waals surface area contributed by atoms with Gasteiger partial charge in [0.25, 0.3) is 0 Å². The molecule has 2 rings (SSSR count). The summed E-state index contributed by atoms with van der Waals surface area (Å²) in [5.74, 6) is 0. The van der Waals surface area contributed by atoms with E-state index < -0.39 is 16.1 Å². The molecule has 108 valence electrons. The maximum absolute atomic E-state index is 12.1. The van der Waals surface area contributed by atoms with Crippen LogP contribution in [0.25, 0.3) is 0 Å². The van der Waals surface area contributed by atoms with E-state index in [1.54, 1.807) is 24.3 Å². The third kappa shape index (κ3) is 3.69. The van der Waals surface area contributed by atoms with Crippen LogP contribution in [0.5, 0.6) is 0 Å². The third-order valence-corrected chi connectivity index (χ3v) is 5.24. The van der Waals surface area contributed by atoms with Crippen molar-refractivity contribution in [1.29, 1.82) is 0 Å². The number of halogens is 1. The molecule has 2 N–H and O–H groups in total. The molecule has 0 radical (unpaired) electrons. The Balaban J connectivity index is 1.95. The summed E-state index contributed by atoms with van der Waals surface area (Å²) >= 11 is 3.20. The van der Waals surface area contributed by atoms with Crippen LogP contribution in [0.15, 0.2) is 56.6 Å². The van der Waals surface area contributed by atoms with Crippen LogP contribution in [-0.2, 0) is 10.0 Å². The van der Waals surface area contributed by atoms with E-state index in [2.05, 4.69) is 20.7 Å². The maximum Gasteiger partial charge on any atom is 0.241 e. The standard InChI is InChI=1S/C13H14BrNO4S/c14-11-3-1-2-4-13(11)20(17,18)15-7-5-12(16)10-6-8-19-9-10/h1-4,6,8-9,12,15-16H,5,7H2/t12-/m0/s1. The highest BCUT2D eigenvalue weighted by atomic mass is 79.9. The van der Waals surface area contributed by atoms with Crippen molar-refractivity contribution in [2.45, 2.75) is 17.4 Å². The lowest BCUT2D eigenvalue weighted by Crippen LogP contribution is -2.26. The van der Waals surface area contributed by atoms with Crippen LogP contribution in [0.1, 0.15) is 18.1 Å². The Labute approximate surface area is 125 Å². The number of aliphatic hydroxyl groups is 1. The number of benzene rings is 1. The molecule has 0 unspecified atom stereocenters. The topological polar surface area (TPSA) is 79.5 Å². The fraction of sp³-hybridized carbons (Fsp3) is 0.231. The summed E-state index contributed by atoms with van der Waals surface area (Å²) in [6, 6.07) is 8.21. The van der Waals surface area contributed by atoms with Crippen molar-refractivity contribution in [2.75, 3.05) is 6.54 Å². The molecule has 0 aliphatic rings. The van der Waals surface area contributed by atoms with E-state index in [1.807, 2.05) is 0 Å². The van der Waals surface area contributed by atoms with E-state index in [4.69, 9.17) is 4.42 Å². The first-order valence-electron chi connectivity index (χ1n) is 5.95. The molecule has 7 heteroatoms. The summed E-state index contributed by atoms with van der Waals surface area (Å²) in [7, 11) is -3.59. The highest BCUT2D eigenvalue weighted by Crippen LogP contribution is 2.21. The number of sulfonamides is 1. The Hall–Kier alpha value is -1.15. The summed E-state index contributed by atoms with van der Waals surface area (Å²) in [4.78, 5) is 0.179. The fourth-order valence-corrected chi connectivity index (χ4v) is 3.75. The first-order valence-corrected chi connectivity index (χ1v) is 8.22. The lowest BCUT2D eigenvalue weighted by molar-refractivity contribution is 0.168. The highest BCUT2D eigenvalue weighted by molar-refractivity contribution is 9.10. The van der Waals surface area contributed by atoms with Gasteiger partial charge in [0, 0.05) is 16.6 Å². The highest BCUT2D eigenvalue weighted by Gasteiger charge is 2.17. The molecular weight excluding hydrogens is 346 g/mol. The Morgan fingerprint density at radius 3 is 2.70 bits per heavy atom. The average Bonchev–Trinajstić information content (AvgIpc) is 2.92. The zero-order valence-electron chi connectivity index (χ0n) is 10.5. The second kappa shape index (κ2) is 6.53. The average molecular weight is 360 g/mol. The van der Waals surface area contributed by atoms with Gasteiger partial charge < -0.3 is 9.52 Å². The summed E-state index contributed by atoms with van der Waals surface area (Å²) in [5.41, 5.74) is 0.630. The maximum atomic E-state index is 12.1. The van der Waals surface area contributed by atoms with Crippen molar-refractivity contribution in [2.24, 2.45) is 0 Å². The lowest BCUT2D eigenvalue weighted by Gasteiger charge is -2.11. The zero-order valence-corrected chi connectivity index (χ0v) is 12.9. The molecule has 0 aliphatic carbocycles. The Bertz CT molecular complexity index is 655. The van der Waals surface area contributed by atoms with Crippen LogP contribution in [0.4, 0.5) is 0 Å². The molecule has 1 aromatic heterocycles. The van der Waals surface area contributed by atoms with E-state index in [1.165, 1.54) is 18.6 Å². The van der Waals surface area contributed by atoms with Crippen LogP contribution < -0.4 is 4.72 Å². The molecule has 0 fully saturated rings. The molecule has 0 aliphatic heterocycles. The number of rotatable bonds is 6. The molecule has 5 nitrogen and oxygen atoms in total. The smallest absolute Gasteiger partial charge is 0.241 e. The SMILES string of the molecule is O=S(=O)(NCC[C@H](O)c1ccoc1)c1ccccc1Br. The van der Waals surface area contributed by atoms with Crippen molar-refractivity contribution in [3.63, 3.8) is 0 Å². The Morgan fingerprint density at radius 1 is 1.30 bits per heavy atom. The molecule has 20 heavy (non-hydrogen) atoms. The Morgan fingerprint density at radius 2 is 2.05 bits per heavy atom. The van der Waals surface area contributed by atoms with Crippen molar-refractivity contribution in [3.05, 3.63) is 52.9 Å². The van der Waals surface area contributed by atoms with E-state index in [-0.39, 0.29) is 17.9 Å². The van der Waals surface area contributed by atoms with E-state index in [9.17, 15) is 13.5 Å². The molecule has 0 saturated carbocycles. The van der Waals surface area contributed by atoms with Gasteiger partial charge in [-0.3, -0.25) is 0 Å². The normalized spacial score (nSPS) is 13.3. The Kier molecular flexibility index (Phi) is 4.98. The van der Waals surface area contributed by atoms with Crippen molar-refractivity contribution < 1.29 is 17.9 Å². The quantitative estimate of drug-likeness (QED) is 0.829. The summed E-state index contributed by atoms with van der Waals surface area (Å²) < 4.78 is 32.0. The van der Waals surface area contributed by atoms with Gasteiger partial charge in [0.2, 0.25) is 10.0 Å². The zero-order chi connectivity index (χ0) is 14.6. The predicted molar refractivity (Wildman–Crippen MR) is 77.6 cm³/mol. The molecule has 1 atom stereocenters. The molecular formula is C13H14BrNO4S. The largest absolute Gasteiger partial charge is 0.472 e. The third-order valence-electron chi connectivity index (χ3n) is 2.76. The van der Waals surface area contributed by atoms with E-state index in [0.717, 1.165) is 0 Å². The van der Waals surface area contributed by atoms with Gasteiger partial charge in [-0.2, -0.15) is 0 Å². The number of nitrogens with one attached hydrogen (secondary N) is 1. The second-order valence-electron chi connectivity index (χ2n) is 4.19. The number of hydrogen-bond acceptors (Lipinski definition) is 4. The van der Waals surface area contributed by atoms with Gasteiger partial charge in [0.05, 0.1) is 23.5 Å². The van der Waals surface area contributed by atoms with Crippen LogP contribution in [0.2, 0.25) is 0 Å².